The van der Waals surface area contributed by atoms with E-state index in [1.807, 2.05) is 0 Å². The van der Waals surface area contributed by atoms with E-state index in [9.17, 15) is 0 Å². The third-order valence-electron chi connectivity index (χ3n) is 28.6. The van der Waals surface area contributed by atoms with Gasteiger partial charge in [0, 0.05) is 110 Å². The van der Waals surface area contributed by atoms with Gasteiger partial charge in [-0.25, -0.2) is 0 Å². The summed E-state index contributed by atoms with van der Waals surface area (Å²) in [5.41, 5.74) is 35.5. The number of halogens is 2. The molecule has 18 aromatic carbocycles. The number of anilines is 9. The SMILES string of the molecule is Cc1ccc(N(c2ccc(C)cc2)c2ccc(-c3ccc(-n4c5ccc(B6OC(C)(C)C(C)(C)O6)cc5c5cc(B6OC(C)(C)C(C)(C)O6)ccc54)cc3)cc2)cc1.Cc1ccc(N(c2ccc(C)cc2)c2ccc(-c3ccc(-n4c5ccc(Br)cc5c5cc(Br)ccc54)cc3)cc2)cc1.Cc1ccc(N(c2ccc(C)cc2)c2ccc(-c3ccc(-n4c5ccccc5c5ccccc54)cc3)cc2)cc1. The van der Waals surface area contributed by atoms with E-state index < -0.39 is 36.6 Å². The van der Waals surface area contributed by atoms with E-state index in [-0.39, 0.29) is 0 Å². The van der Waals surface area contributed by atoms with Gasteiger partial charge in [-0.15, -0.1) is 0 Å². The lowest BCUT2D eigenvalue weighted by Gasteiger charge is -2.32. The van der Waals surface area contributed by atoms with E-state index >= 15 is 0 Å². The van der Waals surface area contributed by atoms with E-state index in [0.29, 0.717) is 0 Å². The van der Waals surface area contributed by atoms with Crippen LogP contribution in [0, 0.1) is 41.5 Å². The Hall–Kier alpha value is -14.3. The molecule has 0 aliphatic carbocycles. The Balaban J connectivity index is 0.000000128. The summed E-state index contributed by atoms with van der Waals surface area (Å²) in [7, 11) is -0.934. The van der Waals surface area contributed by atoms with Crippen molar-refractivity contribution >= 4 is 174 Å². The second-order valence-electron chi connectivity index (χ2n) is 39.4. The van der Waals surface area contributed by atoms with E-state index in [4.69, 9.17) is 18.6 Å². The van der Waals surface area contributed by atoms with Crippen molar-refractivity contribution < 1.29 is 18.6 Å². The molecule has 0 N–H and O–H groups in total. The molecule has 140 heavy (non-hydrogen) atoms. The molecule has 2 saturated heterocycles. The third kappa shape index (κ3) is 18.0. The smallest absolute Gasteiger partial charge is 0.399 e. The van der Waals surface area contributed by atoms with Crippen LogP contribution in [0.1, 0.15) is 88.8 Å². The van der Waals surface area contributed by atoms with Gasteiger partial charge in [0.25, 0.3) is 0 Å². The highest BCUT2D eigenvalue weighted by Crippen LogP contribution is 2.46. The van der Waals surface area contributed by atoms with Crippen LogP contribution in [0.4, 0.5) is 51.2 Å². The lowest BCUT2D eigenvalue weighted by molar-refractivity contribution is 0.00578. The van der Waals surface area contributed by atoms with Gasteiger partial charge < -0.3 is 47.0 Å². The first kappa shape index (κ1) is 92.1. The van der Waals surface area contributed by atoms with E-state index in [0.717, 1.165) is 115 Å². The molecule has 0 spiro atoms. The van der Waals surface area contributed by atoms with E-state index in [1.165, 1.54) is 105 Å². The number of fused-ring (bicyclic) bond motifs is 9. The Labute approximate surface area is 838 Å². The maximum atomic E-state index is 6.51. The molecule has 0 unspecified atom stereocenters. The minimum absolute atomic E-state index is 0.436. The van der Waals surface area contributed by atoms with Gasteiger partial charge in [0.05, 0.1) is 55.5 Å². The topological polar surface area (TPSA) is 61.4 Å². The van der Waals surface area contributed by atoms with Crippen molar-refractivity contribution in [2.75, 3.05) is 14.7 Å². The Kier molecular flexibility index (Phi) is 24.6. The van der Waals surface area contributed by atoms with Crippen LogP contribution in [0.3, 0.4) is 0 Å². The molecular weight excluding hydrogens is 1840 g/mol. The van der Waals surface area contributed by atoms with Crippen molar-refractivity contribution in [3.05, 3.63) is 455 Å². The zero-order valence-electron chi connectivity index (χ0n) is 81.5. The number of nitrogens with zero attached hydrogens (tertiary/aromatic N) is 6. The molecule has 10 nitrogen and oxygen atoms in total. The monoisotopic (exact) mass is 1950 g/mol. The molecule has 0 radical (unpaired) electrons. The molecule has 2 aliphatic heterocycles. The summed E-state index contributed by atoms with van der Waals surface area (Å²) in [4.78, 5) is 6.93. The van der Waals surface area contributed by atoms with Crippen molar-refractivity contribution in [2.45, 2.75) is 119 Å². The van der Waals surface area contributed by atoms with Crippen LogP contribution in [-0.4, -0.2) is 50.3 Å². The van der Waals surface area contributed by atoms with Crippen LogP contribution >= 0.6 is 31.9 Å². The van der Waals surface area contributed by atoms with Gasteiger partial charge in [-0.2, -0.15) is 0 Å². The van der Waals surface area contributed by atoms with Crippen LogP contribution < -0.4 is 25.6 Å². The first-order valence-corrected chi connectivity index (χ1v) is 49.8. The van der Waals surface area contributed by atoms with Crippen LogP contribution in [0.5, 0.6) is 0 Å². The number of benzene rings is 18. The molecule has 3 aromatic heterocycles. The van der Waals surface area contributed by atoms with Crippen LogP contribution in [0.15, 0.2) is 421 Å². The summed E-state index contributed by atoms with van der Waals surface area (Å²) >= 11 is 7.32. The van der Waals surface area contributed by atoms with Crippen molar-refractivity contribution in [3.63, 3.8) is 0 Å². The summed E-state index contributed by atoms with van der Waals surface area (Å²) in [6, 6.07) is 149. The maximum absolute atomic E-state index is 6.51. The highest BCUT2D eigenvalue weighted by atomic mass is 79.9. The second kappa shape index (κ2) is 37.5. The average Bonchev–Trinajstić information content (AvgIpc) is 1.57. The molecule has 2 fully saturated rings. The highest BCUT2D eigenvalue weighted by molar-refractivity contribution is 9.10. The molecule has 14 heteroatoms. The minimum atomic E-state index is -0.467. The molecule has 0 amide bonds. The van der Waals surface area contributed by atoms with E-state index in [1.54, 1.807) is 0 Å². The van der Waals surface area contributed by atoms with Gasteiger partial charge in [0.2, 0.25) is 0 Å². The van der Waals surface area contributed by atoms with Gasteiger partial charge in [-0.3, -0.25) is 0 Å². The lowest BCUT2D eigenvalue weighted by atomic mass is 9.77. The molecule has 5 heterocycles. The van der Waals surface area contributed by atoms with Crippen molar-refractivity contribution in [1.29, 1.82) is 0 Å². The Morgan fingerprint density at radius 2 is 0.386 bits per heavy atom. The number of hydrogen-bond donors (Lipinski definition) is 0. The molecule has 21 aromatic rings. The van der Waals surface area contributed by atoms with Gasteiger partial charge in [0.1, 0.15) is 0 Å². The zero-order valence-corrected chi connectivity index (χ0v) is 84.7. The largest absolute Gasteiger partial charge is 0.494 e. The predicted molar refractivity (Wildman–Crippen MR) is 598 cm³/mol. The fourth-order valence-corrected chi connectivity index (χ4v) is 20.1. The van der Waals surface area contributed by atoms with Crippen LogP contribution in [-0.2, 0) is 18.6 Å². The summed E-state index contributed by atoms with van der Waals surface area (Å²) in [6.07, 6.45) is 0. The fourth-order valence-electron chi connectivity index (χ4n) is 19.4. The summed E-state index contributed by atoms with van der Waals surface area (Å²) in [5, 5.41) is 7.26. The predicted octanol–water partition coefficient (Wildman–Crippen LogP) is 33.7. The van der Waals surface area contributed by atoms with Gasteiger partial charge in [0.15, 0.2) is 0 Å². The Morgan fingerprint density at radius 1 is 0.200 bits per heavy atom. The quantitative estimate of drug-likeness (QED) is 0.0842. The summed E-state index contributed by atoms with van der Waals surface area (Å²) < 4.78 is 35.3. The summed E-state index contributed by atoms with van der Waals surface area (Å²) in [5.74, 6) is 0. The first-order chi connectivity index (χ1) is 67.6. The normalized spacial score (nSPS) is 14.1. The fraction of sp³-hybridized carbons (Fsp3) is 0.143. The maximum Gasteiger partial charge on any atom is 0.494 e. The first-order valence-electron chi connectivity index (χ1n) is 48.2. The van der Waals surface area contributed by atoms with Crippen LogP contribution in [0.2, 0.25) is 0 Å². The number of para-hydroxylation sites is 2. The Morgan fingerprint density at radius 3 is 0.614 bits per heavy atom. The number of aromatic nitrogens is 3. The van der Waals surface area contributed by atoms with Gasteiger partial charge in [-0.05, 0) is 347 Å². The van der Waals surface area contributed by atoms with Gasteiger partial charge >= 0.3 is 14.2 Å². The molecule has 0 atom stereocenters. The van der Waals surface area contributed by atoms with E-state index in [2.05, 4.69) is 570 Å². The number of rotatable bonds is 17. The highest BCUT2D eigenvalue weighted by Gasteiger charge is 2.53. The molecule has 0 bridgehead atoms. The molecule has 2 aliphatic rings. The summed E-state index contributed by atoms with van der Waals surface area (Å²) in [6.45, 7) is 29.5. The Bertz CT molecular complexity index is 7770. The van der Waals surface area contributed by atoms with Crippen molar-refractivity contribution in [2.24, 2.45) is 0 Å². The number of hydrogen-bond acceptors (Lipinski definition) is 7. The standard InChI is InChI=1S/C50H52B2N2O4.C38H28Br2N2.C38H30N2/c1-33-11-21-39(22-12-33)53(40-23-13-34(2)14-24-40)41-25-15-35(16-26-41)36-17-27-42(28-18-36)54-45-29-19-37(51-55-47(3,4)48(5,6)56-51)31-43(45)44-32-38(20-30-46(44)54)52-57-49(7,8)50(9,10)58-52;1-25-3-13-31(14-4-25)41(32-15-5-26(2)6-16-32)33-17-7-27(8-18-33)28-9-19-34(20-10-28)42-37-21-11-29(39)23-35(37)36-24-30(40)12-22-38(36)42;1-27-11-19-31(20-12-27)39(32-21-13-28(2)14-22-32)33-23-15-29(16-24-33)30-17-25-34(26-18-30)40-37-9-5-3-7-35(37)36-8-4-6-10-38(36)40/h11-32H,1-10H3;3-24H,1-2H3;3-26H,1-2H3. The molecule has 0 saturated carbocycles. The van der Waals surface area contributed by atoms with Crippen molar-refractivity contribution in [3.8, 4) is 50.4 Å². The molecule has 688 valence electrons. The molecule has 23 rings (SSSR count). The minimum Gasteiger partial charge on any atom is -0.399 e. The molecular formula is C126H110B2Br2N6O4. The third-order valence-corrected chi connectivity index (χ3v) is 29.6. The second-order valence-corrected chi connectivity index (χ2v) is 41.2. The van der Waals surface area contributed by atoms with Crippen molar-refractivity contribution in [1.82, 2.24) is 13.7 Å². The van der Waals surface area contributed by atoms with Gasteiger partial charge in [-0.1, -0.05) is 271 Å². The van der Waals surface area contributed by atoms with Crippen LogP contribution in [0.25, 0.3) is 116 Å². The zero-order chi connectivity index (χ0) is 96.6. The average molecular weight is 1950 g/mol. The lowest BCUT2D eigenvalue weighted by Crippen LogP contribution is -2.41. The number of aryl methyl sites for hydroxylation is 6.